The number of benzene rings is 1. The van der Waals surface area contributed by atoms with Crippen molar-refractivity contribution < 1.29 is 4.79 Å². The van der Waals surface area contributed by atoms with Gasteiger partial charge in [-0.3, -0.25) is 9.48 Å². The van der Waals surface area contributed by atoms with Crippen molar-refractivity contribution in [1.82, 2.24) is 24.6 Å². The van der Waals surface area contributed by atoms with Crippen LogP contribution in [0, 0.1) is 5.41 Å². The van der Waals surface area contributed by atoms with E-state index in [0.717, 1.165) is 22.9 Å². The predicted octanol–water partition coefficient (Wildman–Crippen LogP) is 2.57. The fourth-order valence-corrected chi connectivity index (χ4v) is 4.20. The first kappa shape index (κ1) is 19.2. The molecule has 1 aromatic carbocycles. The van der Waals surface area contributed by atoms with Gasteiger partial charge in [0.2, 0.25) is 0 Å². The summed E-state index contributed by atoms with van der Waals surface area (Å²) in [7, 11) is 3.71. The highest BCUT2D eigenvalue weighted by atomic mass is 16.2. The number of pyridine rings is 1. The van der Waals surface area contributed by atoms with Crippen molar-refractivity contribution in [3.8, 4) is 0 Å². The van der Waals surface area contributed by atoms with Crippen molar-refractivity contribution in [3.05, 3.63) is 63.7 Å². The van der Waals surface area contributed by atoms with Crippen molar-refractivity contribution in [2.75, 3.05) is 6.54 Å². The Kier molecular flexibility index (Phi) is 4.68. The van der Waals surface area contributed by atoms with Crippen LogP contribution in [0.5, 0.6) is 0 Å². The van der Waals surface area contributed by atoms with Crippen molar-refractivity contribution in [2.45, 2.75) is 33.4 Å². The molecule has 4 rings (SSSR count). The third kappa shape index (κ3) is 3.64. The lowest BCUT2D eigenvalue weighted by atomic mass is 9.87. The molecule has 1 N–H and O–H groups in total. The molecule has 1 aliphatic rings. The van der Waals surface area contributed by atoms with Crippen LogP contribution in [-0.4, -0.2) is 31.8 Å². The molecule has 29 heavy (non-hydrogen) atoms. The molecule has 0 fully saturated rings. The number of para-hydroxylation sites is 1. The van der Waals surface area contributed by atoms with Gasteiger partial charge in [0.05, 0.1) is 18.3 Å². The molecule has 3 aromatic rings. The maximum absolute atomic E-state index is 13.0. The van der Waals surface area contributed by atoms with Gasteiger partial charge in [-0.1, -0.05) is 32.0 Å². The molecule has 1 aliphatic heterocycles. The third-order valence-electron chi connectivity index (χ3n) is 5.70. The van der Waals surface area contributed by atoms with Crippen LogP contribution in [0.1, 0.15) is 30.7 Å². The van der Waals surface area contributed by atoms with Crippen LogP contribution in [0.15, 0.2) is 41.3 Å². The summed E-state index contributed by atoms with van der Waals surface area (Å²) in [6.07, 6.45) is 2.71. The lowest BCUT2D eigenvalue weighted by molar-refractivity contribution is 0.167. The van der Waals surface area contributed by atoms with E-state index in [-0.39, 0.29) is 23.6 Å². The molecule has 0 bridgehead atoms. The predicted molar refractivity (Wildman–Crippen MR) is 113 cm³/mol. The summed E-state index contributed by atoms with van der Waals surface area (Å²) in [5.41, 5.74) is 3.56. The molecule has 0 radical (unpaired) electrons. The smallest absolute Gasteiger partial charge is 0.317 e. The third-order valence-corrected chi connectivity index (χ3v) is 5.70. The molecule has 0 spiro atoms. The fourth-order valence-electron chi connectivity index (χ4n) is 4.20. The maximum Gasteiger partial charge on any atom is 0.317 e. The second-order valence-electron chi connectivity index (χ2n) is 8.69. The van der Waals surface area contributed by atoms with Gasteiger partial charge in [0, 0.05) is 44.0 Å². The van der Waals surface area contributed by atoms with Gasteiger partial charge in [0.15, 0.2) is 0 Å². The van der Waals surface area contributed by atoms with E-state index in [4.69, 9.17) is 0 Å². The number of nitrogens with zero attached hydrogens (tertiary/aromatic N) is 4. The molecule has 0 aliphatic carbocycles. The molecule has 7 heteroatoms. The Labute approximate surface area is 169 Å². The molecule has 3 heterocycles. The van der Waals surface area contributed by atoms with Gasteiger partial charge in [0.1, 0.15) is 0 Å². The van der Waals surface area contributed by atoms with E-state index < -0.39 is 0 Å². The van der Waals surface area contributed by atoms with E-state index >= 15 is 0 Å². The Morgan fingerprint density at radius 3 is 2.79 bits per heavy atom. The number of fused-ring (bicyclic) bond motifs is 2. The number of amides is 2. The summed E-state index contributed by atoms with van der Waals surface area (Å²) in [6.45, 7) is 5.69. The molecule has 152 valence electrons. The maximum atomic E-state index is 13.0. The minimum absolute atomic E-state index is 0.0601. The van der Waals surface area contributed by atoms with E-state index in [1.165, 1.54) is 5.69 Å². The monoisotopic (exact) mass is 393 g/mol. The number of hydrogen-bond donors (Lipinski definition) is 1. The lowest BCUT2D eigenvalue weighted by Gasteiger charge is -2.29. The van der Waals surface area contributed by atoms with E-state index in [2.05, 4.69) is 24.3 Å². The van der Waals surface area contributed by atoms with Crippen LogP contribution in [0.25, 0.3) is 10.9 Å². The van der Waals surface area contributed by atoms with Gasteiger partial charge in [0.25, 0.3) is 5.56 Å². The van der Waals surface area contributed by atoms with Gasteiger partial charge in [-0.15, -0.1) is 0 Å². The second-order valence-corrected chi connectivity index (χ2v) is 8.69. The van der Waals surface area contributed by atoms with Crippen molar-refractivity contribution >= 4 is 16.9 Å². The fraction of sp³-hybridized carbons (Fsp3) is 0.409. The van der Waals surface area contributed by atoms with E-state index in [1.54, 1.807) is 11.6 Å². The first-order chi connectivity index (χ1) is 13.7. The number of urea groups is 1. The van der Waals surface area contributed by atoms with Crippen LogP contribution in [0.2, 0.25) is 0 Å². The van der Waals surface area contributed by atoms with Crippen LogP contribution in [0.3, 0.4) is 0 Å². The largest absolute Gasteiger partial charge is 0.334 e. The Balaban J connectivity index is 1.55. The number of aromatic nitrogens is 3. The van der Waals surface area contributed by atoms with E-state index in [0.29, 0.717) is 18.7 Å². The van der Waals surface area contributed by atoms with Crippen molar-refractivity contribution in [1.29, 1.82) is 0 Å². The van der Waals surface area contributed by atoms with E-state index in [1.807, 2.05) is 53.2 Å². The highest BCUT2D eigenvalue weighted by Crippen LogP contribution is 2.29. The first-order valence-electron chi connectivity index (χ1n) is 9.85. The first-order valence-corrected chi connectivity index (χ1v) is 9.85. The number of rotatable bonds is 2. The van der Waals surface area contributed by atoms with Gasteiger partial charge in [-0.05, 0) is 29.4 Å². The molecular weight excluding hydrogens is 366 g/mol. The number of aryl methyl sites for hydroxylation is 2. The SMILES string of the molecule is Cn1ncc2c1CC(C)(C)CN(C(=O)NCc1cc3ccccc3n(C)c1=O)C2. The quantitative estimate of drug-likeness (QED) is 0.727. The Morgan fingerprint density at radius 1 is 1.24 bits per heavy atom. The van der Waals surface area contributed by atoms with E-state index in [9.17, 15) is 9.59 Å². The molecule has 0 saturated heterocycles. The Hall–Kier alpha value is -3.09. The highest BCUT2D eigenvalue weighted by molar-refractivity contribution is 5.80. The molecule has 0 atom stereocenters. The summed E-state index contributed by atoms with van der Waals surface area (Å²) in [5, 5.41) is 8.29. The van der Waals surface area contributed by atoms with Crippen LogP contribution >= 0.6 is 0 Å². The average Bonchev–Trinajstić information content (AvgIpc) is 2.93. The summed E-state index contributed by atoms with van der Waals surface area (Å²) in [4.78, 5) is 27.5. The normalized spacial score (nSPS) is 15.8. The Morgan fingerprint density at radius 2 is 2.00 bits per heavy atom. The number of nitrogens with one attached hydrogen (secondary N) is 1. The summed E-state index contributed by atoms with van der Waals surface area (Å²) < 4.78 is 3.53. The number of carbonyl (C=O) groups excluding carboxylic acids is 1. The second kappa shape index (κ2) is 7.06. The van der Waals surface area contributed by atoms with Gasteiger partial charge >= 0.3 is 6.03 Å². The summed E-state index contributed by atoms with van der Waals surface area (Å²) >= 11 is 0. The van der Waals surface area contributed by atoms with Crippen LogP contribution in [0.4, 0.5) is 4.79 Å². The Bertz CT molecular complexity index is 1140. The lowest BCUT2D eigenvalue weighted by Crippen LogP contribution is -2.43. The zero-order valence-electron chi connectivity index (χ0n) is 17.4. The molecule has 0 saturated carbocycles. The van der Waals surface area contributed by atoms with Crippen molar-refractivity contribution in [2.24, 2.45) is 19.5 Å². The van der Waals surface area contributed by atoms with Gasteiger partial charge in [-0.2, -0.15) is 5.10 Å². The van der Waals surface area contributed by atoms with Crippen LogP contribution in [-0.2, 0) is 33.6 Å². The van der Waals surface area contributed by atoms with Crippen LogP contribution < -0.4 is 10.9 Å². The average molecular weight is 393 g/mol. The summed E-state index contributed by atoms with van der Waals surface area (Å²) in [6, 6.07) is 9.45. The molecule has 7 nitrogen and oxygen atoms in total. The zero-order chi connectivity index (χ0) is 20.8. The van der Waals surface area contributed by atoms with Crippen molar-refractivity contribution in [3.63, 3.8) is 0 Å². The minimum Gasteiger partial charge on any atom is -0.334 e. The summed E-state index contributed by atoms with van der Waals surface area (Å²) in [5.74, 6) is 0. The minimum atomic E-state index is -0.162. The molecular formula is C22H27N5O2. The van der Waals surface area contributed by atoms with Gasteiger partial charge < -0.3 is 14.8 Å². The number of hydrogen-bond acceptors (Lipinski definition) is 3. The van der Waals surface area contributed by atoms with Gasteiger partial charge in [-0.25, -0.2) is 4.79 Å². The highest BCUT2D eigenvalue weighted by Gasteiger charge is 2.32. The molecule has 0 unspecified atom stereocenters. The standard InChI is InChI=1S/C22H27N5O2/c1-22(2)10-19-17(12-24-26(19)4)13-27(14-22)21(29)23-11-16-9-15-7-5-6-8-18(15)25(3)20(16)28/h5-9,12H,10-11,13-14H2,1-4H3,(H,23,29). The molecule has 2 amide bonds. The molecule has 2 aromatic heterocycles. The topological polar surface area (TPSA) is 72.2 Å². The zero-order valence-corrected chi connectivity index (χ0v) is 17.4. The number of carbonyl (C=O) groups is 1.